The molecule has 0 aliphatic carbocycles. The number of rotatable bonds is 4. The van der Waals surface area contributed by atoms with Gasteiger partial charge in [-0.15, -0.1) is 0 Å². The van der Waals surface area contributed by atoms with E-state index >= 15 is 0 Å². The molecule has 0 saturated carbocycles. The lowest BCUT2D eigenvalue weighted by molar-refractivity contribution is 0.0991. The Morgan fingerprint density at radius 2 is 1.84 bits per heavy atom. The van der Waals surface area contributed by atoms with Crippen LogP contribution in [0.5, 0.6) is 5.75 Å². The van der Waals surface area contributed by atoms with Gasteiger partial charge in [-0.05, 0) is 25.5 Å². The quantitative estimate of drug-likeness (QED) is 0.777. The molecule has 0 unspecified atom stereocenters. The predicted molar refractivity (Wildman–Crippen MR) is 76.9 cm³/mol. The molecule has 0 radical (unpaired) electrons. The molecule has 2 aromatic carbocycles. The Kier molecular flexibility index (Phi) is 4.00. The van der Waals surface area contributed by atoms with Crippen molar-refractivity contribution in [3.63, 3.8) is 0 Å². The maximum atomic E-state index is 12.4. The van der Waals surface area contributed by atoms with E-state index in [1.807, 2.05) is 56.3 Å². The van der Waals surface area contributed by atoms with Crippen LogP contribution in [0.2, 0.25) is 0 Å². The van der Waals surface area contributed by atoms with E-state index in [4.69, 9.17) is 4.74 Å². The molecule has 0 fully saturated rings. The zero-order valence-electron chi connectivity index (χ0n) is 11.6. The molecule has 98 valence electrons. The molecule has 0 aromatic heterocycles. The largest absolute Gasteiger partial charge is 0.496 e. The first-order valence-electron chi connectivity index (χ1n) is 6.34. The summed E-state index contributed by atoms with van der Waals surface area (Å²) in [6, 6.07) is 13.6. The molecule has 2 nitrogen and oxygen atoms in total. The molecule has 2 heteroatoms. The summed E-state index contributed by atoms with van der Waals surface area (Å²) in [5, 5.41) is 0. The van der Waals surface area contributed by atoms with Crippen LogP contribution in [0.1, 0.15) is 27.0 Å². The minimum atomic E-state index is 0.127. The van der Waals surface area contributed by atoms with Gasteiger partial charge in [-0.3, -0.25) is 4.79 Å². The average Bonchev–Trinajstić information content (AvgIpc) is 2.39. The summed E-state index contributed by atoms with van der Waals surface area (Å²) >= 11 is 0. The lowest BCUT2D eigenvalue weighted by Gasteiger charge is -2.10. The van der Waals surface area contributed by atoms with Crippen molar-refractivity contribution in [2.24, 2.45) is 0 Å². The standard InChI is InChI=1S/C17H18O2/c1-12-8-9-17(19-3)14(10-12)11-16(18)15-7-5-4-6-13(15)2/h4-10H,11H2,1-3H3. The van der Waals surface area contributed by atoms with E-state index in [-0.39, 0.29) is 5.78 Å². The summed E-state index contributed by atoms with van der Waals surface area (Å²) in [4.78, 5) is 12.4. The molecule has 0 spiro atoms. The van der Waals surface area contributed by atoms with E-state index in [2.05, 4.69) is 0 Å². The lowest BCUT2D eigenvalue weighted by atomic mass is 9.98. The zero-order valence-corrected chi connectivity index (χ0v) is 11.6. The van der Waals surface area contributed by atoms with Crippen molar-refractivity contribution in [2.75, 3.05) is 7.11 Å². The SMILES string of the molecule is COc1ccc(C)cc1CC(=O)c1ccccc1C. The van der Waals surface area contributed by atoms with E-state index in [9.17, 15) is 4.79 Å². The van der Waals surface area contributed by atoms with Crippen molar-refractivity contribution < 1.29 is 9.53 Å². The Morgan fingerprint density at radius 1 is 1.11 bits per heavy atom. The van der Waals surface area contributed by atoms with Gasteiger partial charge in [0.05, 0.1) is 7.11 Å². The van der Waals surface area contributed by atoms with Crippen LogP contribution < -0.4 is 4.74 Å². The first-order chi connectivity index (χ1) is 9.11. The number of benzene rings is 2. The number of hydrogen-bond acceptors (Lipinski definition) is 2. The van der Waals surface area contributed by atoms with E-state index in [1.54, 1.807) is 7.11 Å². The molecule has 0 aliphatic heterocycles. The van der Waals surface area contributed by atoms with Crippen LogP contribution in [-0.4, -0.2) is 12.9 Å². The number of aryl methyl sites for hydroxylation is 2. The summed E-state index contributed by atoms with van der Waals surface area (Å²) in [7, 11) is 1.63. The predicted octanol–water partition coefficient (Wildman–Crippen LogP) is 3.74. The summed E-state index contributed by atoms with van der Waals surface area (Å²) < 4.78 is 5.32. The molecule has 2 aromatic rings. The maximum absolute atomic E-state index is 12.4. The zero-order chi connectivity index (χ0) is 13.8. The highest BCUT2D eigenvalue weighted by Gasteiger charge is 2.12. The molecule has 2 rings (SSSR count). The van der Waals surface area contributed by atoms with Crippen molar-refractivity contribution in [3.8, 4) is 5.75 Å². The fourth-order valence-corrected chi connectivity index (χ4v) is 2.20. The third-order valence-corrected chi connectivity index (χ3v) is 3.23. The van der Waals surface area contributed by atoms with Crippen LogP contribution in [0.4, 0.5) is 0 Å². The Labute approximate surface area is 114 Å². The minimum absolute atomic E-state index is 0.127. The second kappa shape index (κ2) is 5.70. The van der Waals surface area contributed by atoms with E-state index in [0.717, 1.165) is 28.0 Å². The molecule has 19 heavy (non-hydrogen) atoms. The van der Waals surface area contributed by atoms with Crippen molar-refractivity contribution >= 4 is 5.78 Å². The number of methoxy groups -OCH3 is 1. The van der Waals surface area contributed by atoms with Gasteiger partial charge in [0.25, 0.3) is 0 Å². The molecule has 0 aliphatic rings. The second-order valence-electron chi connectivity index (χ2n) is 4.73. The number of Topliss-reactive ketones (excluding diaryl/α,β-unsaturated/α-hetero) is 1. The van der Waals surface area contributed by atoms with Gasteiger partial charge < -0.3 is 4.74 Å². The summed E-state index contributed by atoms with van der Waals surface area (Å²) in [5.41, 5.74) is 3.87. The number of carbonyl (C=O) groups excluding carboxylic acids is 1. The third kappa shape index (κ3) is 3.02. The molecule has 0 heterocycles. The maximum Gasteiger partial charge on any atom is 0.167 e. The highest BCUT2D eigenvalue weighted by Crippen LogP contribution is 2.22. The van der Waals surface area contributed by atoms with Crippen LogP contribution in [0.3, 0.4) is 0 Å². The van der Waals surface area contributed by atoms with Gasteiger partial charge >= 0.3 is 0 Å². The number of ketones is 1. The van der Waals surface area contributed by atoms with Crippen LogP contribution in [0.15, 0.2) is 42.5 Å². The third-order valence-electron chi connectivity index (χ3n) is 3.23. The van der Waals surface area contributed by atoms with Crippen LogP contribution in [-0.2, 0) is 6.42 Å². The van der Waals surface area contributed by atoms with Gasteiger partial charge in [0.2, 0.25) is 0 Å². The number of ether oxygens (including phenoxy) is 1. The highest BCUT2D eigenvalue weighted by atomic mass is 16.5. The van der Waals surface area contributed by atoms with Gasteiger partial charge in [-0.2, -0.15) is 0 Å². The van der Waals surface area contributed by atoms with E-state index in [0.29, 0.717) is 6.42 Å². The molecule has 0 atom stereocenters. The molecular formula is C17H18O2. The fourth-order valence-electron chi connectivity index (χ4n) is 2.20. The highest BCUT2D eigenvalue weighted by molar-refractivity contribution is 5.99. The normalized spacial score (nSPS) is 10.3. The number of hydrogen-bond donors (Lipinski definition) is 0. The Bertz CT molecular complexity index is 600. The van der Waals surface area contributed by atoms with Crippen molar-refractivity contribution in [2.45, 2.75) is 20.3 Å². The topological polar surface area (TPSA) is 26.3 Å². The summed E-state index contributed by atoms with van der Waals surface area (Å²) in [5.74, 6) is 0.898. The molecule has 0 bridgehead atoms. The summed E-state index contributed by atoms with van der Waals surface area (Å²) in [6.45, 7) is 3.97. The van der Waals surface area contributed by atoms with Crippen molar-refractivity contribution in [3.05, 3.63) is 64.7 Å². The van der Waals surface area contributed by atoms with Crippen LogP contribution >= 0.6 is 0 Å². The Hall–Kier alpha value is -2.09. The van der Waals surface area contributed by atoms with E-state index in [1.165, 1.54) is 0 Å². The molecule has 0 amide bonds. The first kappa shape index (κ1) is 13.3. The average molecular weight is 254 g/mol. The van der Waals surface area contributed by atoms with Crippen molar-refractivity contribution in [1.29, 1.82) is 0 Å². The second-order valence-corrected chi connectivity index (χ2v) is 4.73. The molecular weight excluding hydrogens is 236 g/mol. The Morgan fingerprint density at radius 3 is 2.53 bits per heavy atom. The van der Waals surface area contributed by atoms with Gasteiger partial charge in [-0.1, -0.05) is 42.0 Å². The van der Waals surface area contributed by atoms with Crippen molar-refractivity contribution in [1.82, 2.24) is 0 Å². The van der Waals surface area contributed by atoms with Crippen LogP contribution in [0, 0.1) is 13.8 Å². The number of carbonyl (C=O) groups is 1. The minimum Gasteiger partial charge on any atom is -0.496 e. The Balaban J connectivity index is 2.29. The first-order valence-corrected chi connectivity index (χ1v) is 6.34. The van der Waals surface area contributed by atoms with Gasteiger partial charge in [-0.25, -0.2) is 0 Å². The van der Waals surface area contributed by atoms with Gasteiger partial charge in [0, 0.05) is 17.5 Å². The lowest BCUT2D eigenvalue weighted by Crippen LogP contribution is -2.07. The monoisotopic (exact) mass is 254 g/mol. The fraction of sp³-hybridized carbons (Fsp3) is 0.235. The van der Waals surface area contributed by atoms with E-state index < -0.39 is 0 Å². The van der Waals surface area contributed by atoms with Crippen LogP contribution in [0.25, 0.3) is 0 Å². The van der Waals surface area contributed by atoms with Gasteiger partial charge in [0.15, 0.2) is 5.78 Å². The molecule has 0 saturated heterocycles. The molecule has 0 N–H and O–H groups in total. The van der Waals surface area contributed by atoms with Gasteiger partial charge in [0.1, 0.15) is 5.75 Å². The smallest absolute Gasteiger partial charge is 0.167 e. The summed E-state index contributed by atoms with van der Waals surface area (Å²) in [6.07, 6.45) is 0.371.